The zero-order valence-electron chi connectivity index (χ0n) is 20.3. The van der Waals surface area contributed by atoms with Crippen LogP contribution in [0.4, 0.5) is 14.6 Å². The van der Waals surface area contributed by atoms with Crippen molar-refractivity contribution in [2.45, 2.75) is 51.7 Å². The van der Waals surface area contributed by atoms with E-state index >= 15 is 4.39 Å². The summed E-state index contributed by atoms with van der Waals surface area (Å²) >= 11 is 0. The first-order valence-electron chi connectivity index (χ1n) is 11.7. The highest BCUT2D eigenvalue weighted by Gasteiger charge is 2.56. The molecule has 2 saturated carbocycles. The van der Waals surface area contributed by atoms with E-state index in [4.69, 9.17) is 4.74 Å². The molecule has 0 amide bonds. The lowest BCUT2D eigenvalue weighted by Crippen LogP contribution is -2.52. The Morgan fingerprint density at radius 3 is 2.60 bits per heavy atom. The van der Waals surface area contributed by atoms with Crippen molar-refractivity contribution in [2.75, 3.05) is 19.1 Å². The smallest absolute Gasteiger partial charge is 0.216 e. The molecule has 3 aromatic rings. The molecule has 4 atom stereocenters. The number of benzene rings is 1. The fourth-order valence-electron chi connectivity index (χ4n) is 5.92. The molecule has 0 radical (unpaired) electrons. The van der Waals surface area contributed by atoms with Gasteiger partial charge in [-0.3, -0.25) is 0 Å². The topological polar surface area (TPSA) is 84.3 Å². The zero-order chi connectivity index (χ0) is 25.0. The predicted octanol–water partition coefficient (Wildman–Crippen LogP) is 5.20. The number of pyridine rings is 1. The zero-order valence-corrected chi connectivity index (χ0v) is 20.3. The third-order valence-electron chi connectivity index (χ3n) is 7.80. The molecule has 9 heteroatoms. The number of hydrogen-bond donors (Lipinski definition) is 1. The van der Waals surface area contributed by atoms with Crippen LogP contribution in [-0.2, 0) is 0 Å². The first kappa shape index (κ1) is 23.4. The second-order valence-corrected chi connectivity index (χ2v) is 10.5. The van der Waals surface area contributed by atoms with E-state index in [9.17, 15) is 9.50 Å². The number of phenols is 1. The normalized spacial score (nSPS) is 27.6. The minimum Gasteiger partial charge on any atom is -0.507 e. The molecule has 0 unspecified atom stereocenters. The first-order valence-corrected chi connectivity index (χ1v) is 11.7. The summed E-state index contributed by atoms with van der Waals surface area (Å²) in [6.07, 6.45) is 4.26. The first-order chi connectivity index (χ1) is 16.6. The van der Waals surface area contributed by atoms with Gasteiger partial charge in [0, 0.05) is 24.6 Å². The van der Waals surface area contributed by atoms with E-state index in [1.54, 1.807) is 24.4 Å². The minimum atomic E-state index is -0.946. The van der Waals surface area contributed by atoms with Crippen LogP contribution < -0.4 is 9.64 Å². The number of phenolic OH excluding ortho intramolecular Hbond substituents is 1. The maximum atomic E-state index is 15.5. The molecule has 0 aliphatic heterocycles. The SMILES string of the molecule is COc1cc(-c2ccc(-c3ncc(N(C)[C@H]4C[C@]5(C)CC[C@@](C)(C5)[C@H]4F)nn3)c(O)c2)cc(F)n1. The molecule has 0 spiro atoms. The van der Waals surface area contributed by atoms with Crippen LogP contribution >= 0.6 is 0 Å². The second kappa shape index (κ2) is 8.39. The summed E-state index contributed by atoms with van der Waals surface area (Å²) in [6, 6.07) is 7.42. The molecular formula is C26H29F2N5O2. The minimum absolute atomic E-state index is 0.0740. The van der Waals surface area contributed by atoms with Gasteiger partial charge in [-0.1, -0.05) is 19.9 Å². The predicted molar refractivity (Wildman–Crippen MR) is 128 cm³/mol. The molecule has 2 aliphatic rings. The van der Waals surface area contributed by atoms with Crippen LogP contribution in [0.2, 0.25) is 0 Å². The standard InChI is InChI=1S/C26H29F2N5O2/c1-25-7-8-26(2,14-25)23(28)18(12-25)33(3)21-13-29-24(32-31-21)17-6-5-15(9-19(17)34)16-10-20(27)30-22(11-16)35-4/h5-6,9-11,13,18,23,34H,7-8,12,14H2,1-4H3/t18-,23-,25-,26-/m0/s1. The quantitative estimate of drug-likeness (QED) is 0.502. The summed E-state index contributed by atoms with van der Waals surface area (Å²) in [5, 5.41) is 19.1. The Balaban J connectivity index is 1.38. The molecule has 2 heterocycles. The Kier molecular flexibility index (Phi) is 5.61. The van der Waals surface area contributed by atoms with Crippen LogP contribution in [-0.4, -0.2) is 51.6 Å². The number of aromatic hydroxyl groups is 1. The van der Waals surface area contributed by atoms with Crippen LogP contribution in [0.25, 0.3) is 22.5 Å². The third-order valence-corrected chi connectivity index (χ3v) is 7.80. The molecule has 184 valence electrons. The van der Waals surface area contributed by atoms with Crippen molar-refractivity contribution in [1.82, 2.24) is 20.2 Å². The number of rotatable bonds is 5. The van der Waals surface area contributed by atoms with Gasteiger partial charge < -0.3 is 14.7 Å². The Bertz CT molecular complexity index is 1260. The Morgan fingerprint density at radius 1 is 1.11 bits per heavy atom. The number of anilines is 1. The molecule has 2 bridgehead atoms. The fourth-order valence-corrected chi connectivity index (χ4v) is 5.92. The lowest BCUT2D eigenvalue weighted by molar-refractivity contribution is 0.0380. The van der Waals surface area contributed by atoms with Crippen molar-refractivity contribution in [3.8, 4) is 34.1 Å². The molecule has 2 aromatic heterocycles. The molecule has 7 nitrogen and oxygen atoms in total. The summed E-state index contributed by atoms with van der Waals surface area (Å²) in [4.78, 5) is 9.88. The maximum Gasteiger partial charge on any atom is 0.216 e. The number of nitrogens with zero attached hydrogens (tertiary/aromatic N) is 5. The van der Waals surface area contributed by atoms with E-state index in [1.807, 2.05) is 11.9 Å². The van der Waals surface area contributed by atoms with E-state index in [0.29, 0.717) is 22.5 Å². The van der Waals surface area contributed by atoms with Crippen LogP contribution in [0.3, 0.4) is 0 Å². The summed E-state index contributed by atoms with van der Waals surface area (Å²) in [5.74, 6) is 0.115. The fraction of sp³-hybridized carbons (Fsp3) is 0.462. The van der Waals surface area contributed by atoms with Gasteiger partial charge >= 0.3 is 0 Å². The highest BCUT2D eigenvalue weighted by molar-refractivity contribution is 5.73. The van der Waals surface area contributed by atoms with Crippen LogP contribution in [0, 0.1) is 16.8 Å². The van der Waals surface area contributed by atoms with Crippen molar-refractivity contribution in [2.24, 2.45) is 10.8 Å². The Hall–Kier alpha value is -3.36. The molecule has 5 rings (SSSR count). The van der Waals surface area contributed by atoms with Crippen molar-refractivity contribution in [3.05, 3.63) is 42.5 Å². The Morgan fingerprint density at radius 2 is 1.91 bits per heavy atom. The number of methoxy groups -OCH3 is 1. The number of fused-ring (bicyclic) bond motifs is 2. The highest BCUT2D eigenvalue weighted by Crippen LogP contribution is 2.59. The van der Waals surface area contributed by atoms with Gasteiger partial charge in [0.15, 0.2) is 11.6 Å². The molecule has 35 heavy (non-hydrogen) atoms. The van der Waals surface area contributed by atoms with Crippen molar-refractivity contribution >= 4 is 5.82 Å². The molecular weight excluding hydrogens is 452 g/mol. The monoisotopic (exact) mass is 481 g/mol. The second-order valence-electron chi connectivity index (χ2n) is 10.5. The average molecular weight is 482 g/mol. The summed E-state index contributed by atoms with van der Waals surface area (Å²) in [6.45, 7) is 4.31. The van der Waals surface area contributed by atoms with Gasteiger partial charge in [0.1, 0.15) is 11.9 Å². The van der Waals surface area contributed by atoms with Gasteiger partial charge in [-0.2, -0.15) is 9.37 Å². The van der Waals surface area contributed by atoms with Gasteiger partial charge in [-0.15, -0.1) is 10.2 Å². The van der Waals surface area contributed by atoms with E-state index in [1.165, 1.54) is 19.2 Å². The van der Waals surface area contributed by atoms with Crippen LogP contribution in [0.5, 0.6) is 11.6 Å². The number of aromatic nitrogens is 4. The number of ether oxygens (including phenoxy) is 1. The van der Waals surface area contributed by atoms with E-state index in [2.05, 4.69) is 34.0 Å². The van der Waals surface area contributed by atoms with Gasteiger partial charge in [0.25, 0.3) is 0 Å². The molecule has 2 aliphatic carbocycles. The van der Waals surface area contributed by atoms with Crippen LogP contribution in [0.1, 0.15) is 39.5 Å². The van der Waals surface area contributed by atoms with Crippen molar-refractivity contribution < 1.29 is 18.6 Å². The maximum absolute atomic E-state index is 15.5. The van der Waals surface area contributed by atoms with E-state index in [-0.39, 0.29) is 34.3 Å². The van der Waals surface area contributed by atoms with Gasteiger partial charge in [0.05, 0.1) is 24.9 Å². The Labute approximate surface area is 203 Å². The van der Waals surface area contributed by atoms with Gasteiger partial charge in [0.2, 0.25) is 11.8 Å². The molecule has 0 saturated heterocycles. The largest absolute Gasteiger partial charge is 0.507 e. The number of halogens is 2. The van der Waals surface area contributed by atoms with Crippen LogP contribution in [0.15, 0.2) is 36.5 Å². The molecule has 1 aromatic carbocycles. The highest BCUT2D eigenvalue weighted by atomic mass is 19.1. The van der Waals surface area contributed by atoms with E-state index < -0.39 is 12.1 Å². The summed E-state index contributed by atoms with van der Waals surface area (Å²) in [7, 11) is 3.25. The van der Waals surface area contributed by atoms with Crippen molar-refractivity contribution in [3.63, 3.8) is 0 Å². The molecule has 2 fully saturated rings. The lowest BCUT2D eigenvalue weighted by atomic mass is 9.67. The summed E-state index contributed by atoms with van der Waals surface area (Å²) < 4.78 is 34.3. The number of hydrogen-bond acceptors (Lipinski definition) is 7. The summed E-state index contributed by atoms with van der Waals surface area (Å²) in [5.41, 5.74) is 1.32. The van der Waals surface area contributed by atoms with Gasteiger partial charge in [-0.05, 0) is 54.4 Å². The van der Waals surface area contributed by atoms with E-state index in [0.717, 1.165) is 25.7 Å². The lowest BCUT2D eigenvalue weighted by Gasteiger charge is -2.46. The third kappa shape index (κ3) is 4.17. The van der Waals surface area contributed by atoms with Crippen molar-refractivity contribution in [1.29, 1.82) is 0 Å². The molecule has 1 N–H and O–H groups in total. The van der Waals surface area contributed by atoms with Gasteiger partial charge in [-0.25, -0.2) is 9.37 Å². The number of alkyl halides is 1. The average Bonchev–Trinajstić information content (AvgIpc) is 3.12.